The second-order valence-corrected chi connectivity index (χ2v) is 2.43. The third-order valence-electron chi connectivity index (χ3n) is 1.30. The highest BCUT2D eigenvalue weighted by atomic mass is 35.5. The zero-order valence-corrected chi connectivity index (χ0v) is 6.43. The lowest BCUT2D eigenvalue weighted by Crippen LogP contribution is -1.85. The van der Waals surface area contributed by atoms with Crippen LogP contribution in [-0.2, 0) is 0 Å². The molecule has 0 aliphatic heterocycles. The van der Waals surface area contributed by atoms with Gasteiger partial charge in [-0.15, -0.1) is 6.42 Å². The van der Waals surface area contributed by atoms with Gasteiger partial charge in [-0.1, -0.05) is 17.5 Å². The van der Waals surface area contributed by atoms with Crippen LogP contribution in [-0.4, -0.2) is 6.29 Å². The number of rotatable bonds is 1. The lowest BCUT2D eigenvalue weighted by Gasteiger charge is -1.95. The van der Waals surface area contributed by atoms with Crippen LogP contribution in [0.15, 0.2) is 18.2 Å². The number of benzene rings is 1. The second kappa shape index (κ2) is 3.23. The summed E-state index contributed by atoms with van der Waals surface area (Å²) < 4.78 is 0. The Bertz CT molecular complexity index is 323. The Kier molecular flexibility index (Phi) is 2.30. The molecule has 1 nitrogen and oxygen atoms in total. The molecule has 1 rings (SSSR count). The molecule has 54 valence electrons. The molecule has 0 spiro atoms. The Balaban J connectivity index is 3.30. The Labute approximate surface area is 70.0 Å². The van der Waals surface area contributed by atoms with E-state index < -0.39 is 0 Å². The van der Waals surface area contributed by atoms with Gasteiger partial charge in [-0.3, -0.25) is 4.79 Å². The first-order chi connectivity index (χ1) is 5.27. The van der Waals surface area contributed by atoms with Crippen LogP contribution >= 0.6 is 11.6 Å². The third kappa shape index (κ3) is 1.60. The average molecular weight is 165 g/mol. The highest BCUT2D eigenvalue weighted by molar-refractivity contribution is 6.30. The highest BCUT2D eigenvalue weighted by Crippen LogP contribution is 2.13. The summed E-state index contributed by atoms with van der Waals surface area (Å²) in [6.45, 7) is 0. The number of hydrogen-bond donors (Lipinski definition) is 0. The van der Waals surface area contributed by atoms with Gasteiger partial charge >= 0.3 is 0 Å². The van der Waals surface area contributed by atoms with E-state index in [1.165, 1.54) is 0 Å². The second-order valence-electron chi connectivity index (χ2n) is 1.99. The first-order valence-corrected chi connectivity index (χ1v) is 3.37. The van der Waals surface area contributed by atoms with Crippen molar-refractivity contribution in [3.63, 3.8) is 0 Å². The van der Waals surface area contributed by atoms with Crippen LogP contribution in [0.1, 0.15) is 15.9 Å². The van der Waals surface area contributed by atoms with Crippen molar-refractivity contribution in [2.24, 2.45) is 0 Å². The highest BCUT2D eigenvalue weighted by Gasteiger charge is 1.97. The van der Waals surface area contributed by atoms with Crippen LogP contribution < -0.4 is 0 Å². The van der Waals surface area contributed by atoms with Crippen LogP contribution in [0.4, 0.5) is 0 Å². The predicted molar refractivity (Wildman–Crippen MR) is 44.8 cm³/mol. The normalized spacial score (nSPS) is 8.73. The zero-order chi connectivity index (χ0) is 8.27. The predicted octanol–water partition coefficient (Wildman–Crippen LogP) is 2.13. The van der Waals surface area contributed by atoms with E-state index in [4.69, 9.17) is 18.0 Å². The Morgan fingerprint density at radius 1 is 1.55 bits per heavy atom. The van der Waals surface area contributed by atoms with Crippen molar-refractivity contribution < 1.29 is 4.79 Å². The molecule has 1 aromatic rings. The van der Waals surface area contributed by atoms with Crippen molar-refractivity contribution in [2.45, 2.75) is 0 Å². The van der Waals surface area contributed by atoms with Gasteiger partial charge in [0.1, 0.15) is 0 Å². The van der Waals surface area contributed by atoms with Gasteiger partial charge in [0.2, 0.25) is 0 Å². The fraction of sp³-hybridized carbons (Fsp3) is 0. The number of carbonyl (C=O) groups excluding carboxylic acids is 1. The van der Waals surface area contributed by atoms with Gasteiger partial charge in [0.05, 0.1) is 0 Å². The molecule has 0 N–H and O–H groups in total. The molecule has 0 unspecified atom stereocenters. The van der Waals surface area contributed by atoms with Crippen molar-refractivity contribution in [1.29, 1.82) is 0 Å². The maximum atomic E-state index is 10.4. The standard InChI is InChI=1S/C9H5ClO/c1-2-7-5-9(10)4-3-8(7)6-11/h1,3-6H. The van der Waals surface area contributed by atoms with Gasteiger partial charge in [0.15, 0.2) is 6.29 Å². The fourth-order valence-corrected chi connectivity index (χ4v) is 0.928. The zero-order valence-electron chi connectivity index (χ0n) is 5.67. The maximum Gasteiger partial charge on any atom is 0.151 e. The number of terminal acetylenes is 1. The summed E-state index contributed by atoms with van der Waals surface area (Å²) in [6, 6.07) is 4.82. The summed E-state index contributed by atoms with van der Waals surface area (Å²) in [7, 11) is 0. The Morgan fingerprint density at radius 3 is 2.82 bits per heavy atom. The molecule has 0 aliphatic rings. The minimum absolute atomic E-state index is 0.497. The first kappa shape index (κ1) is 7.84. The molecule has 0 radical (unpaired) electrons. The van der Waals surface area contributed by atoms with Crippen molar-refractivity contribution in [2.75, 3.05) is 0 Å². The van der Waals surface area contributed by atoms with Crippen LogP contribution in [0.5, 0.6) is 0 Å². The topological polar surface area (TPSA) is 17.1 Å². The van der Waals surface area contributed by atoms with Crippen molar-refractivity contribution in [3.05, 3.63) is 34.3 Å². The summed E-state index contributed by atoms with van der Waals surface area (Å²) in [5.41, 5.74) is 1.03. The van der Waals surface area contributed by atoms with Gasteiger partial charge in [0.25, 0.3) is 0 Å². The van der Waals surface area contributed by atoms with Crippen molar-refractivity contribution in [1.82, 2.24) is 0 Å². The Hall–Kier alpha value is -1.26. The molecular weight excluding hydrogens is 160 g/mol. The lowest BCUT2D eigenvalue weighted by molar-refractivity contribution is 0.112. The molecule has 2 heteroatoms. The molecule has 0 saturated carbocycles. The van der Waals surface area contributed by atoms with E-state index in [1.807, 2.05) is 0 Å². The minimum atomic E-state index is 0.497. The van der Waals surface area contributed by atoms with Crippen LogP contribution in [0.2, 0.25) is 5.02 Å². The van der Waals surface area contributed by atoms with E-state index in [1.54, 1.807) is 18.2 Å². The summed E-state index contributed by atoms with van der Waals surface area (Å²) in [4.78, 5) is 10.4. The third-order valence-corrected chi connectivity index (χ3v) is 1.53. The monoisotopic (exact) mass is 164 g/mol. The maximum absolute atomic E-state index is 10.4. The van der Waals surface area contributed by atoms with Gasteiger partial charge < -0.3 is 0 Å². The summed E-state index contributed by atoms with van der Waals surface area (Å²) in [5.74, 6) is 2.37. The molecule has 0 aromatic heterocycles. The summed E-state index contributed by atoms with van der Waals surface area (Å²) >= 11 is 5.64. The summed E-state index contributed by atoms with van der Waals surface area (Å²) in [5, 5.41) is 0.545. The first-order valence-electron chi connectivity index (χ1n) is 2.99. The fourth-order valence-electron chi connectivity index (χ4n) is 0.756. The van der Waals surface area contributed by atoms with Gasteiger partial charge in [0, 0.05) is 16.1 Å². The molecule has 0 saturated heterocycles. The smallest absolute Gasteiger partial charge is 0.151 e. The van der Waals surface area contributed by atoms with Crippen LogP contribution in [0.3, 0.4) is 0 Å². The quantitative estimate of drug-likeness (QED) is 0.459. The number of hydrogen-bond acceptors (Lipinski definition) is 1. The molecule has 0 fully saturated rings. The molecule has 0 heterocycles. The molecular formula is C9H5ClO. The van der Waals surface area contributed by atoms with Gasteiger partial charge in [-0.25, -0.2) is 0 Å². The van der Waals surface area contributed by atoms with E-state index in [-0.39, 0.29) is 0 Å². The van der Waals surface area contributed by atoms with Crippen LogP contribution in [0.25, 0.3) is 0 Å². The van der Waals surface area contributed by atoms with E-state index in [0.29, 0.717) is 22.4 Å². The molecule has 11 heavy (non-hydrogen) atoms. The van der Waals surface area contributed by atoms with Crippen LogP contribution in [0, 0.1) is 12.3 Å². The van der Waals surface area contributed by atoms with Gasteiger partial charge in [-0.05, 0) is 18.2 Å². The largest absolute Gasteiger partial charge is 0.298 e. The summed E-state index contributed by atoms with van der Waals surface area (Å²) in [6.07, 6.45) is 5.84. The SMILES string of the molecule is C#Cc1cc(Cl)ccc1C=O. The van der Waals surface area contributed by atoms with E-state index in [2.05, 4.69) is 5.92 Å². The lowest BCUT2D eigenvalue weighted by atomic mass is 10.1. The number of aldehydes is 1. The number of halogens is 1. The van der Waals surface area contributed by atoms with E-state index in [9.17, 15) is 4.79 Å². The molecule has 0 atom stereocenters. The van der Waals surface area contributed by atoms with Crippen molar-refractivity contribution >= 4 is 17.9 Å². The molecule has 0 aliphatic carbocycles. The Morgan fingerprint density at radius 2 is 2.27 bits per heavy atom. The van der Waals surface area contributed by atoms with E-state index >= 15 is 0 Å². The van der Waals surface area contributed by atoms with Crippen molar-refractivity contribution in [3.8, 4) is 12.3 Å². The molecule has 0 amide bonds. The molecule has 1 aromatic carbocycles. The minimum Gasteiger partial charge on any atom is -0.298 e. The van der Waals surface area contributed by atoms with E-state index in [0.717, 1.165) is 0 Å². The average Bonchev–Trinajstić information content (AvgIpc) is 2.04. The number of carbonyl (C=O) groups is 1. The molecule has 0 bridgehead atoms. The van der Waals surface area contributed by atoms with Gasteiger partial charge in [-0.2, -0.15) is 0 Å².